The molecule has 0 radical (unpaired) electrons. The van der Waals surface area contributed by atoms with Gasteiger partial charge in [-0.25, -0.2) is 4.39 Å². The number of aromatic nitrogens is 1. The van der Waals surface area contributed by atoms with Gasteiger partial charge in [0.2, 0.25) is 0 Å². The average Bonchev–Trinajstić information content (AvgIpc) is 3.07. The monoisotopic (exact) mass is 501 g/mol. The summed E-state index contributed by atoms with van der Waals surface area (Å²) in [6.07, 6.45) is 6.87. The zero-order chi connectivity index (χ0) is 19.1. The Morgan fingerprint density at radius 1 is 1.25 bits per heavy atom. The molecule has 1 aromatic carbocycles. The lowest BCUT2D eigenvalue weighted by Gasteiger charge is -2.29. The summed E-state index contributed by atoms with van der Waals surface area (Å²) in [6.45, 7) is 7.63. The van der Waals surface area contributed by atoms with Gasteiger partial charge in [0.05, 0.1) is 0 Å². The van der Waals surface area contributed by atoms with Crippen molar-refractivity contribution in [2.24, 2.45) is 10.9 Å². The van der Waals surface area contributed by atoms with Gasteiger partial charge in [-0.15, -0.1) is 24.0 Å². The Labute approximate surface area is 184 Å². The van der Waals surface area contributed by atoms with Crippen molar-refractivity contribution >= 4 is 40.8 Å². The Hall–Kier alpha value is -1.35. The topological polar surface area (TPSA) is 55.5 Å². The van der Waals surface area contributed by atoms with Gasteiger partial charge >= 0.3 is 0 Å². The van der Waals surface area contributed by atoms with Gasteiger partial charge in [0.25, 0.3) is 0 Å². The van der Waals surface area contributed by atoms with E-state index >= 15 is 0 Å². The van der Waals surface area contributed by atoms with Crippen molar-refractivity contribution in [2.75, 3.05) is 39.8 Å². The second kappa shape index (κ2) is 11.6. The molecule has 1 saturated heterocycles. The summed E-state index contributed by atoms with van der Waals surface area (Å²) in [5, 5.41) is 7.90. The van der Waals surface area contributed by atoms with Crippen molar-refractivity contribution < 1.29 is 4.39 Å². The molecule has 1 atom stereocenters. The molecule has 7 heteroatoms. The lowest BCUT2D eigenvalue weighted by atomic mass is 10.1. The average molecular weight is 501 g/mol. The number of H-pyrrole nitrogens is 1. The summed E-state index contributed by atoms with van der Waals surface area (Å²) in [5.74, 6) is 1.22. The molecular formula is C21H33FIN5. The molecule has 1 aliphatic heterocycles. The Kier molecular flexibility index (Phi) is 9.50. The number of rotatable bonds is 7. The highest BCUT2D eigenvalue weighted by atomic mass is 127. The standard InChI is InChI=1S/C21H32FN5.HI/c1-16(15-27-10-4-3-5-11-27)13-26-21(23-2)24-9-8-17-14-25-20-12-18(22)6-7-19(17)20;/h6-7,12,14,16,25H,3-5,8-11,13,15H2,1-2H3,(H2,23,24,26);1H. The van der Waals surface area contributed by atoms with Gasteiger partial charge in [-0.05, 0) is 62.0 Å². The van der Waals surface area contributed by atoms with Crippen LogP contribution in [-0.2, 0) is 6.42 Å². The van der Waals surface area contributed by atoms with Gasteiger partial charge in [0, 0.05) is 43.8 Å². The summed E-state index contributed by atoms with van der Waals surface area (Å²) >= 11 is 0. The normalized spacial score (nSPS) is 16.6. The molecule has 1 aromatic heterocycles. The first kappa shape index (κ1) is 22.9. The van der Waals surface area contributed by atoms with Gasteiger partial charge in [0.15, 0.2) is 5.96 Å². The third-order valence-corrected chi connectivity index (χ3v) is 5.28. The van der Waals surface area contributed by atoms with Gasteiger partial charge in [-0.3, -0.25) is 4.99 Å². The third-order valence-electron chi connectivity index (χ3n) is 5.28. The minimum absolute atomic E-state index is 0. The van der Waals surface area contributed by atoms with Crippen molar-refractivity contribution in [2.45, 2.75) is 32.6 Å². The van der Waals surface area contributed by atoms with Gasteiger partial charge < -0.3 is 20.5 Å². The first-order valence-corrected chi connectivity index (χ1v) is 10.1. The van der Waals surface area contributed by atoms with Gasteiger partial charge in [0.1, 0.15) is 5.82 Å². The van der Waals surface area contributed by atoms with Crippen LogP contribution in [0.5, 0.6) is 0 Å². The van der Waals surface area contributed by atoms with Crippen LogP contribution in [0.15, 0.2) is 29.4 Å². The lowest BCUT2D eigenvalue weighted by Crippen LogP contribution is -2.42. The SMILES string of the molecule is CN=C(NCCc1c[nH]c2cc(F)ccc12)NCC(C)CN1CCCCC1.I. The molecular weight excluding hydrogens is 468 g/mol. The fourth-order valence-electron chi connectivity index (χ4n) is 3.82. The van der Waals surface area contributed by atoms with Crippen LogP contribution in [0, 0.1) is 11.7 Å². The van der Waals surface area contributed by atoms with E-state index in [1.165, 1.54) is 50.0 Å². The number of piperidine rings is 1. The van der Waals surface area contributed by atoms with E-state index in [0.717, 1.165) is 42.9 Å². The molecule has 0 aliphatic carbocycles. The van der Waals surface area contributed by atoms with Gasteiger partial charge in [-0.1, -0.05) is 13.3 Å². The summed E-state index contributed by atoms with van der Waals surface area (Å²) in [6, 6.07) is 4.89. The minimum atomic E-state index is -0.211. The second-order valence-corrected chi connectivity index (χ2v) is 7.60. The largest absolute Gasteiger partial charge is 0.361 e. The van der Waals surface area contributed by atoms with Gasteiger partial charge in [-0.2, -0.15) is 0 Å². The van der Waals surface area contributed by atoms with Crippen LogP contribution in [0.1, 0.15) is 31.7 Å². The third kappa shape index (κ3) is 6.62. The molecule has 0 bridgehead atoms. The van der Waals surface area contributed by atoms with E-state index in [1.807, 2.05) is 12.3 Å². The van der Waals surface area contributed by atoms with Crippen LogP contribution < -0.4 is 10.6 Å². The summed E-state index contributed by atoms with van der Waals surface area (Å²) in [5.41, 5.74) is 2.03. The maximum Gasteiger partial charge on any atom is 0.190 e. The second-order valence-electron chi connectivity index (χ2n) is 7.60. The lowest BCUT2D eigenvalue weighted by molar-refractivity contribution is 0.201. The van der Waals surface area contributed by atoms with Crippen molar-refractivity contribution in [3.8, 4) is 0 Å². The highest BCUT2D eigenvalue weighted by Gasteiger charge is 2.13. The first-order chi connectivity index (χ1) is 13.2. The molecule has 28 heavy (non-hydrogen) atoms. The van der Waals surface area contributed by atoms with Crippen LogP contribution in [0.2, 0.25) is 0 Å². The summed E-state index contributed by atoms with van der Waals surface area (Å²) in [4.78, 5) is 10.0. The zero-order valence-corrected chi connectivity index (χ0v) is 19.3. The molecule has 1 fully saturated rings. The predicted octanol–water partition coefficient (Wildman–Crippen LogP) is 3.75. The highest BCUT2D eigenvalue weighted by molar-refractivity contribution is 14.0. The Morgan fingerprint density at radius 3 is 2.79 bits per heavy atom. The summed E-state index contributed by atoms with van der Waals surface area (Å²) < 4.78 is 13.3. The minimum Gasteiger partial charge on any atom is -0.361 e. The Morgan fingerprint density at radius 2 is 2.04 bits per heavy atom. The number of hydrogen-bond donors (Lipinski definition) is 3. The first-order valence-electron chi connectivity index (χ1n) is 10.1. The highest BCUT2D eigenvalue weighted by Crippen LogP contribution is 2.19. The molecule has 2 aromatic rings. The molecule has 1 unspecified atom stereocenters. The Bertz CT molecular complexity index is 754. The van der Waals surface area contributed by atoms with Crippen LogP contribution in [-0.4, -0.2) is 55.6 Å². The fraction of sp³-hybridized carbons (Fsp3) is 0.571. The quantitative estimate of drug-likeness (QED) is 0.308. The van der Waals surface area contributed by atoms with Crippen molar-refractivity contribution in [3.63, 3.8) is 0 Å². The molecule has 0 spiro atoms. The maximum absolute atomic E-state index is 13.3. The van der Waals surface area contributed by atoms with E-state index < -0.39 is 0 Å². The van der Waals surface area contributed by atoms with E-state index in [4.69, 9.17) is 0 Å². The van der Waals surface area contributed by atoms with Crippen molar-refractivity contribution in [3.05, 3.63) is 35.8 Å². The molecule has 2 heterocycles. The van der Waals surface area contributed by atoms with Crippen LogP contribution in [0.25, 0.3) is 10.9 Å². The number of hydrogen-bond acceptors (Lipinski definition) is 2. The number of aromatic amines is 1. The molecule has 1 aliphatic rings. The smallest absolute Gasteiger partial charge is 0.190 e. The number of aliphatic imine (C=N–C) groups is 1. The predicted molar refractivity (Wildman–Crippen MR) is 126 cm³/mol. The van der Waals surface area contributed by atoms with Crippen LogP contribution in [0.3, 0.4) is 0 Å². The molecule has 3 rings (SSSR count). The van der Waals surface area contributed by atoms with E-state index in [-0.39, 0.29) is 29.8 Å². The molecule has 3 N–H and O–H groups in total. The van der Waals surface area contributed by atoms with E-state index in [0.29, 0.717) is 5.92 Å². The van der Waals surface area contributed by atoms with E-state index in [1.54, 1.807) is 7.05 Å². The van der Waals surface area contributed by atoms with Crippen LogP contribution in [0.4, 0.5) is 4.39 Å². The number of fused-ring (bicyclic) bond motifs is 1. The molecule has 5 nitrogen and oxygen atoms in total. The number of likely N-dealkylation sites (tertiary alicyclic amines) is 1. The Balaban J connectivity index is 0.00000280. The zero-order valence-electron chi connectivity index (χ0n) is 16.9. The van der Waals surface area contributed by atoms with E-state index in [9.17, 15) is 4.39 Å². The van der Waals surface area contributed by atoms with Crippen molar-refractivity contribution in [1.82, 2.24) is 20.5 Å². The maximum atomic E-state index is 13.3. The fourth-order valence-corrected chi connectivity index (χ4v) is 3.82. The molecule has 156 valence electrons. The number of halogens is 2. The molecule has 0 saturated carbocycles. The van der Waals surface area contributed by atoms with Crippen LogP contribution >= 0.6 is 24.0 Å². The number of guanidine groups is 1. The van der Waals surface area contributed by atoms with E-state index in [2.05, 4.69) is 32.4 Å². The summed E-state index contributed by atoms with van der Waals surface area (Å²) in [7, 11) is 1.80. The number of nitrogens with one attached hydrogen (secondary N) is 3. The van der Waals surface area contributed by atoms with Crippen molar-refractivity contribution in [1.29, 1.82) is 0 Å². The molecule has 0 amide bonds. The number of nitrogens with zero attached hydrogens (tertiary/aromatic N) is 2. The number of benzene rings is 1.